The van der Waals surface area contributed by atoms with E-state index >= 15 is 0 Å². The summed E-state index contributed by atoms with van der Waals surface area (Å²) in [5.74, 6) is 1.07. The molecule has 0 saturated carbocycles. The molecule has 2 aromatic rings. The van der Waals surface area contributed by atoms with Crippen molar-refractivity contribution in [3.8, 4) is 5.75 Å². The Balaban J connectivity index is 1.93. The number of nitrogens with one attached hydrogen (secondary N) is 1. The number of hydrogen-bond acceptors (Lipinski definition) is 4. The zero-order chi connectivity index (χ0) is 14.4. The topological polar surface area (TPSA) is 64.1 Å². The molecule has 1 atom stereocenters. The summed E-state index contributed by atoms with van der Waals surface area (Å²) in [6, 6.07) is 7.71. The molecule has 0 aliphatic heterocycles. The average molecular weight is 271 g/mol. The Morgan fingerprint density at radius 1 is 1.30 bits per heavy atom. The summed E-state index contributed by atoms with van der Waals surface area (Å²) in [5, 5.41) is 2.75. The van der Waals surface area contributed by atoms with Gasteiger partial charge in [0.1, 0.15) is 5.75 Å². The van der Waals surface area contributed by atoms with Crippen LogP contribution in [0.5, 0.6) is 5.75 Å². The molecule has 5 nitrogen and oxygen atoms in total. The lowest BCUT2D eigenvalue weighted by atomic mass is 10.0. The van der Waals surface area contributed by atoms with Crippen LogP contribution in [0.1, 0.15) is 12.5 Å². The second-order valence-corrected chi connectivity index (χ2v) is 4.53. The van der Waals surface area contributed by atoms with Gasteiger partial charge in [0.25, 0.3) is 0 Å². The second kappa shape index (κ2) is 6.65. The Morgan fingerprint density at radius 2 is 2.05 bits per heavy atom. The number of methoxy groups -OCH3 is 1. The zero-order valence-corrected chi connectivity index (χ0v) is 11.5. The van der Waals surface area contributed by atoms with Crippen molar-refractivity contribution in [1.29, 1.82) is 0 Å². The largest absolute Gasteiger partial charge is 0.497 e. The smallest absolute Gasteiger partial charge is 0.228 e. The first kappa shape index (κ1) is 14.0. The summed E-state index contributed by atoms with van der Waals surface area (Å²) in [4.78, 5) is 20.0. The van der Waals surface area contributed by atoms with Gasteiger partial charge in [-0.25, -0.2) is 4.98 Å². The predicted molar refractivity (Wildman–Crippen MR) is 76.5 cm³/mol. The van der Waals surface area contributed by atoms with E-state index in [1.807, 2.05) is 31.2 Å². The van der Waals surface area contributed by atoms with Crippen molar-refractivity contribution in [1.82, 2.24) is 9.97 Å². The highest BCUT2D eigenvalue weighted by molar-refractivity contribution is 5.91. The van der Waals surface area contributed by atoms with Crippen LogP contribution in [0.3, 0.4) is 0 Å². The van der Waals surface area contributed by atoms with E-state index in [1.54, 1.807) is 19.5 Å². The molecule has 1 aromatic carbocycles. The number of aromatic nitrogens is 2. The number of hydrogen-bond donors (Lipinski definition) is 1. The van der Waals surface area contributed by atoms with Crippen molar-refractivity contribution in [2.75, 3.05) is 12.4 Å². The van der Waals surface area contributed by atoms with Crippen LogP contribution in [-0.2, 0) is 11.2 Å². The maximum atomic E-state index is 12.0. The molecule has 2 rings (SSSR count). The fourth-order valence-corrected chi connectivity index (χ4v) is 1.82. The molecular formula is C15H17N3O2. The molecule has 0 bridgehead atoms. The molecule has 0 unspecified atom stereocenters. The molecule has 1 aromatic heterocycles. The van der Waals surface area contributed by atoms with E-state index in [9.17, 15) is 4.79 Å². The number of benzene rings is 1. The van der Waals surface area contributed by atoms with E-state index in [1.165, 1.54) is 6.20 Å². The van der Waals surface area contributed by atoms with E-state index in [0.29, 0.717) is 12.2 Å². The minimum atomic E-state index is -0.148. The van der Waals surface area contributed by atoms with Gasteiger partial charge in [0, 0.05) is 18.3 Å². The van der Waals surface area contributed by atoms with Crippen LogP contribution in [0.15, 0.2) is 42.9 Å². The molecule has 0 saturated heterocycles. The lowest BCUT2D eigenvalue weighted by molar-refractivity contribution is -0.119. The van der Waals surface area contributed by atoms with Crippen LogP contribution in [0.2, 0.25) is 0 Å². The molecule has 0 spiro atoms. The zero-order valence-electron chi connectivity index (χ0n) is 11.5. The van der Waals surface area contributed by atoms with Crippen LogP contribution in [0, 0.1) is 5.92 Å². The molecule has 0 radical (unpaired) electrons. The van der Waals surface area contributed by atoms with Gasteiger partial charge in [0.2, 0.25) is 5.91 Å². The fourth-order valence-electron chi connectivity index (χ4n) is 1.82. The van der Waals surface area contributed by atoms with E-state index in [2.05, 4.69) is 15.3 Å². The minimum absolute atomic E-state index is 0.0682. The van der Waals surface area contributed by atoms with Gasteiger partial charge in [-0.1, -0.05) is 19.1 Å². The van der Waals surface area contributed by atoms with Crippen molar-refractivity contribution in [3.63, 3.8) is 0 Å². The normalized spacial score (nSPS) is 11.7. The maximum Gasteiger partial charge on any atom is 0.228 e. The van der Waals surface area contributed by atoms with Crippen molar-refractivity contribution in [2.24, 2.45) is 5.92 Å². The number of anilines is 1. The van der Waals surface area contributed by atoms with E-state index in [0.717, 1.165) is 11.3 Å². The standard InChI is InChI=1S/C15H17N3O2/c1-11(9-12-3-5-13(20-2)6-4-12)15(19)18-14-10-16-7-8-17-14/h3-8,10-11H,9H2,1-2H3,(H,17,18,19)/t11-/m1/s1. The van der Waals surface area contributed by atoms with Gasteiger partial charge in [0.05, 0.1) is 13.3 Å². The van der Waals surface area contributed by atoms with Gasteiger partial charge in [-0.15, -0.1) is 0 Å². The number of nitrogens with zero attached hydrogens (tertiary/aromatic N) is 2. The van der Waals surface area contributed by atoms with Gasteiger partial charge in [-0.05, 0) is 24.1 Å². The number of carbonyl (C=O) groups is 1. The lowest BCUT2D eigenvalue weighted by Gasteiger charge is -2.11. The minimum Gasteiger partial charge on any atom is -0.497 e. The summed E-state index contributed by atoms with van der Waals surface area (Å²) in [5.41, 5.74) is 1.09. The van der Waals surface area contributed by atoms with Crippen LogP contribution < -0.4 is 10.1 Å². The van der Waals surface area contributed by atoms with Gasteiger partial charge in [0.15, 0.2) is 5.82 Å². The molecule has 5 heteroatoms. The summed E-state index contributed by atoms with van der Waals surface area (Å²) >= 11 is 0. The lowest BCUT2D eigenvalue weighted by Crippen LogP contribution is -2.22. The van der Waals surface area contributed by atoms with Crippen molar-refractivity contribution < 1.29 is 9.53 Å². The van der Waals surface area contributed by atoms with Crippen molar-refractivity contribution in [2.45, 2.75) is 13.3 Å². The summed E-state index contributed by atoms with van der Waals surface area (Å²) in [6.07, 6.45) is 5.30. The molecule has 1 heterocycles. The van der Waals surface area contributed by atoms with Crippen molar-refractivity contribution in [3.05, 3.63) is 48.4 Å². The number of ether oxygens (including phenoxy) is 1. The molecule has 0 aliphatic carbocycles. The molecule has 1 amide bonds. The first-order chi connectivity index (χ1) is 9.69. The molecule has 0 aliphatic rings. The third-order valence-corrected chi connectivity index (χ3v) is 2.96. The van der Waals surface area contributed by atoms with E-state index < -0.39 is 0 Å². The highest BCUT2D eigenvalue weighted by Gasteiger charge is 2.14. The Labute approximate surface area is 118 Å². The highest BCUT2D eigenvalue weighted by Crippen LogP contribution is 2.15. The van der Waals surface area contributed by atoms with Gasteiger partial charge in [-0.2, -0.15) is 0 Å². The molecule has 1 N–H and O–H groups in total. The first-order valence-corrected chi connectivity index (χ1v) is 6.39. The Kier molecular flexibility index (Phi) is 4.65. The second-order valence-electron chi connectivity index (χ2n) is 4.53. The Morgan fingerprint density at radius 3 is 2.65 bits per heavy atom. The highest BCUT2D eigenvalue weighted by atomic mass is 16.5. The Bertz CT molecular complexity index is 555. The van der Waals surface area contributed by atoms with Gasteiger partial charge in [-0.3, -0.25) is 9.78 Å². The fraction of sp³-hybridized carbons (Fsp3) is 0.267. The van der Waals surface area contributed by atoms with Crippen LogP contribution >= 0.6 is 0 Å². The van der Waals surface area contributed by atoms with Crippen molar-refractivity contribution >= 4 is 11.7 Å². The monoisotopic (exact) mass is 271 g/mol. The first-order valence-electron chi connectivity index (χ1n) is 6.39. The van der Waals surface area contributed by atoms with Crippen LogP contribution in [0.25, 0.3) is 0 Å². The summed E-state index contributed by atoms with van der Waals surface area (Å²) in [6.45, 7) is 1.88. The van der Waals surface area contributed by atoms with E-state index in [4.69, 9.17) is 4.74 Å². The third kappa shape index (κ3) is 3.78. The Hall–Kier alpha value is -2.43. The molecule has 0 fully saturated rings. The van der Waals surface area contributed by atoms with Gasteiger partial charge >= 0.3 is 0 Å². The summed E-state index contributed by atoms with van der Waals surface area (Å²) in [7, 11) is 1.63. The SMILES string of the molecule is COc1ccc(C[C@@H](C)C(=O)Nc2cnccn2)cc1. The summed E-state index contributed by atoms with van der Waals surface area (Å²) < 4.78 is 5.11. The predicted octanol–water partition coefficient (Wildman–Crippen LogP) is 2.30. The third-order valence-electron chi connectivity index (χ3n) is 2.96. The van der Waals surface area contributed by atoms with E-state index in [-0.39, 0.29) is 11.8 Å². The maximum absolute atomic E-state index is 12.0. The number of carbonyl (C=O) groups excluding carboxylic acids is 1. The average Bonchev–Trinajstić information content (AvgIpc) is 2.49. The number of rotatable bonds is 5. The molecule has 20 heavy (non-hydrogen) atoms. The molecular weight excluding hydrogens is 254 g/mol. The quantitative estimate of drug-likeness (QED) is 0.906. The van der Waals surface area contributed by atoms with Gasteiger partial charge < -0.3 is 10.1 Å². The van der Waals surface area contributed by atoms with Crippen LogP contribution in [0.4, 0.5) is 5.82 Å². The number of amides is 1. The molecule has 104 valence electrons. The van der Waals surface area contributed by atoms with Crippen LogP contribution in [-0.4, -0.2) is 23.0 Å².